The van der Waals surface area contributed by atoms with Crippen molar-refractivity contribution in [3.63, 3.8) is 0 Å². The summed E-state index contributed by atoms with van der Waals surface area (Å²) in [6.07, 6.45) is 0. The van der Waals surface area contributed by atoms with Gasteiger partial charge in [0.05, 0.1) is 0 Å². The Kier molecular flexibility index (Phi) is 3.68. The van der Waals surface area contributed by atoms with Crippen molar-refractivity contribution in [2.45, 2.75) is 4.58 Å². The molecule has 0 radical (unpaired) electrons. The molecule has 0 aromatic heterocycles. The summed E-state index contributed by atoms with van der Waals surface area (Å²) < 4.78 is 0.0922. The maximum absolute atomic E-state index is 10.6. The molecule has 1 rings (SSSR count). The summed E-state index contributed by atoms with van der Waals surface area (Å²) >= 11 is 8.95. The van der Waals surface area contributed by atoms with Gasteiger partial charge in [-0.05, 0) is 0 Å². The van der Waals surface area contributed by atoms with E-state index >= 15 is 0 Å². The molecule has 5 heteroatoms. The van der Waals surface area contributed by atoms with Crippen LogP contribution in [0.4, 0.5) is 0 Å². The Labute approximate surface area is 72.5 Å². The monoisotopic (exact) mass is 198 g/mol. The average molecular weight is 198 g/mol. The van der Waals surface area contributed by atoms with Gasteiger partial charge in [0.2, 0.25) is 5.12 Å². The molecule has 0 saturated carbocycles. The molecular weight excluding hydrogens is 192 g/mol. The van der Waals surface area contributed by atoms with E-state index in [1.165, 1.54) is 0 Å². The van der Waals surface area contributed by atoms with Crippen LogP contribution in [0.25, 0.3) is 0 Å². The number of hydrogen-bond acceptors (Lipinski definition) is 4. The van der Waals surface area contributed by atoms with Gasteiger partial charge in [0.1, 0.15) is 4.58 Å². The van der Waals surface area contributed by atoms with Crippen LogP contribution in [-0.2, 0) is 4.79 Å². The molecule has 0 aromatic rings. The molecule has 1 aliphatic heterocycles. The lowest BCUT2D eigenvalue weighted by molar-refractivity contribution is -0.109. The van der Waals surface area contributed by atoms with Gasteiger partial charge in [-0.3, -0.25) is 4.79 Å². The highest BCUT2D eigenvalue weighted by Crippen LogP contribution is 2.36. The highest BCUT2D eigenvalue weighted by Gasteiger charge is 2.19. The standard InChI is InChI=1S/C4H6OS4/c5-3(6)4-8-1-7-2-9-4/h4H,1-2H2,(H,5,6). The average Bonchev–Trinajstić information content (AvgIpc) is 1.90. The Morgan fingerprint density at radius 3 is 2.33 bits per heavy atom. The van der Waals surface area contributed by atoms with Gasteiger partial charge in [-0.2, -0.15) is 0 Å². The van der Waals surface area contributed by atoms with Crippen LogP contribution in [0, 0.1) is 0 Å². The number of thiol groups is 1. The second-order valence-electron chi connectivity index (χ2n) is 1.44. The Morgan fingerprint density at radius 1 is 1.44 bits per heavy atom. The molecular formula is C4H6OS4. The number of carbonyl (C=O) groups excluding carboxylic acids is 1. The van der Waals surface area contributed by atoms with E-state index < -0.39 is 0 Å². The summed E-state index contributed by atoms with van der Waals surface area (Å²) in [5, 5.41) is 2.07. The van der Waals surface area contributed by atoms with E-state index in [0.717, 1.165) is 10.2 Å². The van der Waals surface area contributed by atoms with Crippen molar-refractivity contribution in [2.24, 2.45) is 0 Å². The van der Waals surface area contributed by atoms with Crippen molar-refractivity contribution in [1.82, 2.24) is 0 Å². The van der Waals surface area contributed by atoms with Crippen molar-refractivity contribution in [3.8, 4) is 0 Å². The Balaban J connectivity index is 2.31. The quantitative estimate of drug-likeness (QED) is 0.648. The zero-order valence-corrected chi connectivity index (χ0v) is 7.92. The Bertz CT molecular complexity index is 109. The van der Waals surface area contributed by atoms with Gasteiger partial charge >= 0.3 is 0 Å². The molecule has 0 bridgehead atoms. The van der Waals surface area contributed by atoms with Gasteiger partial charge in [0, 0.05) is 10.2 Å². The first kappa shape index (κ1) is 8.17. The lowest BCUT2D eigenvalue weighted by Gasteiger charge is -2.16. The van der Waals surface area contributed by atoms with Crippen molar-refractivity contribution < 1.29 is 4.79 Å². The van der Waals surface area contributed by atoms with Crippen LogP contribution in [0.2, 0.25) is 0 Å². The van der Waals surface area contributed by atoms with Crippen molar-refractivity contribution in [2.75, 3.05) is 10.2 Å². The molecule has 0 aromatic carbocycles. The number of carbonyl (C=O) groups is 1. The highest BCUT2D eigenvalue weighted by atomic mass is 32.3. The first-order chi connectivity index (χ1) is 4.30. The van der Waals surface area contributed by atoms with E-state index in [1.54, 1.807) is 23.5 Å². The zero-order chi connectivity index (χ0) is 6.69. The largest absolute Gasteiger partial charge is 0.285 e. The first-order valence-corrected chi connectivity index (χ1v) is 6.04. The Morgan fingerprint density at radius 2 is 2.00 bits per heavy atom. The van der Waals surface area contributed by atoms with E-state index in [4.69, 9.17) is 0 Å². The minimum Gasteiger partial charge on any atom is -0.285 e. The van der Waals surface area contributed by atoms with Crippen LogP contribution in [0.1, 0.15) is 0 Å². The maximum atomic E-state index is 10.6. The number of thioether (sulfide) groups is 3. The molecule has 0 atom stereocenters. The number of hydrogen-bond donors (Lipinski definition) is 1. The molecule has 1 fully saturated rings. The SMILES string of the molecule is O=C(S)C1SCSCS1. The fraction of sp³-hybridized carbons (Fsp3) is 0.750. The third-order valence-electron chi connectivity index (χ3n) is 0.807. The molecule has 0 amide bonds. The van der Waals surface area contributed by atoms with Crippen molar-refractivity contribution in [1.29, 1.82) is 0 Å². The van der Waals surface area contributed by atoms with Crippen molar-refractivity contribution in [3.05, 3.63) is 0 Å². The minimum absolute atomic E-state index is 0.00491. The van der Waals surface area contributed by atoms with Crippen LogP contribution in [0.15, 0.2) is 0 Å². The predicted octanol–water partition coefficient (Wildman–Crippen LogP) is 1.90. The minimum atomic E-state index is 0.00491. The molecule has 1 heterocycles. The summed E-state index contributed by atoms with van der Waals surface area (Å²) in [5.41, 5.74) is 0. The van der Waals surface area contributed by atoms with Crippen LogP contribution in [0.3, 0.4) is 0 Å². The third kappa shape index (κ3) is 2.65. The van der Waals surface area contributed by atoms with E-state index in [0.29, 0.717) is 0 Å². The van der Waals surface area contributed by atoms with Crippen LogP contribution >= 0.6 is 47.9 Å². The summed E-state index contributed by atoms with van der Waals surface area (Å²) in [6.45, 7) is 0. The lowest BCUT2D eigenvalue weighted by Crippen LogP contribution is -2.10. The fourth-order valence-electron chi connectivity index (χ4n) is 0.445. The molecule has 1 saturated heterocycles. The normalized spacial score (nSPS) is 21.9. The second-order valence-corrected chi connectivity index (χ2v) is 6.09. The topological polar surface area (TPSA) is 17.1 Å². The summed E-state index contributed by atoms with van der Waals surface area (Å²) in [7, 11) is 0. The molecule has 9 heavy (non-hydrogen) atoms. The van der Waals surface area contributed by atoms with E-state index in [1.807, 2.05) is 11.8 Å². The van der Waals surface area contributed by atoms with Gasteiger partial charge < -0.3 is 0 Å². The van der Waals surface area contributed by atoms with Gasteiger partial charge in [-0.25, -0.2) is 0 Å². The van der Waals surface area contributed by atoms with Crippen LogP contribution in [0.5, 0.6) is 0 Å². The maximum Gasteiger partial charge on any atom is 0.208 e. The molecule has 0 unspecified atom stereocenters. The Hall–Kier alpha value is 1.07. The summed E-state index contributed by atoms with van der Waals surface area (Å²) in [5.74, 6) is 0. The van der Waals surface area contributed by atoms with Gasteiger partial charge in [-0.15, -0.1) is 47.9 Å². The van der Waals surface area contributed by atoms with E-state index in [9.17, 15) is 4.79 Å². The van der Waals surface area contributed by atoms with E-state index in [-0.39, 0.29) is 9.70 Å². The van der Waals surface area contributed by atoms with Crippen LogP contribution in [-0.4, -0.2) is 19.9 Å². The van der Waals surface area contributed by atoms with Crippen molar-refractivity contribution >= 4 is 53.0 Å². The zero-order valence-electron chi connectivity index (χ0n) is 4.57. The molecule has 0 spiro atoms. The summed E-state index contributed by atoms with van der Waals surface area (Å²) in [6, 6.07) is 0. The van der Waals surface area contributed by atoms with Gasteiger partial charge in [-0.1, -0.05) is 0 Å². The molecule has 0 aliphatic carbocycles. The number of rotatable bonds is 1. The third-order valence-corrected chi connectivity index (χ3v) is 5.69. The summed E-state index contributed by atoms with van der Waals surface area (Å²) in [4.78, 5) is 10.6. The second kappa shape index (κ2) is 4.05. The predicted molar refractivity (Wildman–Crippen MR) is 50.3 cm³/mol. The first-order valence-electron chi connectivity index (χ1n) is 2.34. The molecule has 52 valence electrons. The molecule has 1 aliphatic rings. The van der Waals surface area contributed by atoms with Gasteiger partial charge in [0.15, 0.2) is 0 Å². The highest BCUT2D eigenvalue weighted by molar-refractivity contribution is 8.34. The molecule has 0 N–H and O–H groups in total. The molecule has 1 nitrogen and oxygen atoms in total. The fourth-order valence-corrected chi connectivity index (χ4v) is 5.20. The lowest BCUT2D eigenvalue weighted by atomic mass is 10.9. The van der Waals surface area contributed by atoms with Gasteiger partial charge in [0.25, 0.3) is 0 Å². The smallest absolute Gasteiger partial charge is 0.208 e. The van der Waals surface area contributed by atoms with E-state index in [2.05, 4.69) is 12.6 Å². The van der Waals surface area contributed by atoms with Crippen LogP contribution < -0.4 is 0 Å².